The summed E-state index contributed by atoms with van der Waals surface area (Å²) in [5, 5.41) is 0. The van der Waals surface area contributed by atoms with Crippen LogP contribution in [0.1, 0.15) is 60.4 Å². The first-order valence-electron chi connectivity index (χ1n) is 12.8. The highest BCUT2D eigenvalue weighted by Crippen LogP contribution is 2.38. The SMILES string of the molecule is COc1ccccc1C([CH]Cc1cc(C(F)(F)F)cc(C(F)(F)F)c1)N1CCN(C2CCCCC2)CC1. The number of halogens is 6. The molecule has 2 aromatic rings. The minimum absolute atomic E-state index is 0.0251. The van der Waals surface area contributed by atoms with Gasteiger partial charge < -0.3 is 4.74 Å². The smallest absolute Gasteiger partial charge is 0.416 e. The Bertz CT molecular complexity index is 992. The summed E-state index contributed by atoms with van der Waals surface area (Å²) >= 11 is 0. The molecule has 0 bridgehead atoms. The van der Waals surface area contributed by atoms with Gasteiger partial charge in [-0.05, 0) is 55.5 Å². The molecule has 1 aliphatic carbocycles. The molecule has 0 N–H and O–H groups in total. The highest BCUT2D eigenvalue weighted by molar-refractivity contribution is 5.39. The molecule has 1 saturated heterocycles. The molecule has 1 radical (unpaired) electrons. The molecule has 0 aromatic heterocycles. The summed E-state index contributed by atoms with van der Waals surface area (Å²) in [6.45, 7) is 3.27. The first-order chi connectivity index (χ1) is 17.6. The third kappa shape index (κ3) is 6.99. The van der Waals surface area contributed by atoms with Crippen LogP contribution in [0.25, 0.3) is 0 Å². The fourth-order valence-corrected chi connectivity index (χ4v) is 5.60. The maximum Gasteiger partial charge on any atom is 0.416 e. The fraction of sp³-hybridized carbons (Fsp3) is 0.536. The van der Waals surface area contributed by atoms with E-state index < -0.39 is 23.5 Å². The zero-order valence-corrected chi connectivity index (χ0v) is 20.9. The minimum atomic E-state index is -4.87. The number of piperazine rings is 1. The van der Waals surface area contributed by atoms with Gasteiger partial charge in [0.2, 0.25) is 0 Å². The van der Waals surface area contributed by atoms with Crippen molar-refractivity contribution in [3.05, 3.63) is 71.1 Å². The Morgan fingerprint density at radius 2 is 1.46 bits per heavy atom. The molecule has 9 heteroatoms. The molecule has 203 valence electrons. The van der Waals surface area contributed by atoms with E-state index in [9.17, 15) is 26.3 Å². The second-order valence-corrected chi connectivity index (χ2v) is 9.90. The molecule has 0 amide bonds. The van der Waals surface area contributed by atoms with E-state index >= 15 is 0 Å². The molecule has 1 atom stereocenters. The maximum atomic E-state index is 13.4. The van der Waals surface area contributed by atoms with Gasteiger partial charge in [0.05, 0.1) is 18.2 Å². The van der Waals surface area contributed by atoms with Crippen LogP contribution in [0, 0.1) is 6.42 Å². The van der Waals surface area contributed by atoms with Crippen molar-refractivity contribution in [3.63, 3.8) is 0 Å². The summed E-state index contributed by atoms with van der Waals surface area (Å²) in [5.74, 6) is 0.637. The average Bonchev–Trinajstić information content (AvgIpc) is 2.89. The number of para-hydroxylation sites is 1. The van der Waals surface area contributed by atoms with E-state index in [2.05, 4.69) is 9.80 Å². The lowest BCUT2D eigenvalue weighted by molar-refractivity contribution is -0.143. The van der Waals surface area contributed by atoms with Gasteiger partial charge in [-0.2, -0.15) is 26.3 Å². The van der Waals surface area contributed by atoms with Crippen molar-refractivity contribution in [1.29, 1.82) is 0 Å². The summed E-state index contributed by atoms with van der Waals surface area (Å²) in [6, 6.07) is 9.50. The van der Waals surface area contributed by atoms with Crippen LogP contribution in [0.2, 0.25) is 0 Å². The molecule has 2 fully saturated rings. The summed E-state index contributed by atoms with van der Waals surface area (Å²) in [4.78, 5) is 4.77. The number of alkyl halides is 6. The van der Waals surface area contributed by atoms with Crippen LogP contribution in [0.4, 0.5) is 26.3 Å². The van der Waals surface area contributed by atoms with Gasteiger partial charge in [-0.15, -0.1) is 0 Å². The first kappa shape index (κ1) is 27.8. The van der Waals surface area contributed by atoms with Crippen LogP contribution in [-0.4, -0.2) is 49.1 Å². The molecule has 0 spiro atoms. The van der Waals surface area contributed by atoms with Crippen LogP contribution >= 0.6 is 0 Å². The van der Waals surface area contributed by atoms with Crippen molar-refractivity contribution >= 4 is 0 Å². The molecule has 1 saturated carbocycles. The number of nitrogens with zero attached hydrogens (tertiary/aromatic N) is 2. The molecule has 4 rings (SSSR count). The van der Waals surface area contributed by atoms with Gasteiger partial charge in [-0.3, -0.25) is 9.80 Å². The largest absolute Gasteiger partial charge is 0.496 e. The standard InChI is InChI=1S/C28H33F6N2O/c1-37-26-10-6-5-9-24(26)25(36-15-13-35(14-16-36)23-7-3-2-4-8-23)12-11-20-17-21(27(29,30)31)19-22(18-20)28(32,33)34/h5-6,9-10,12,17-19,23,25H,2-4,7-8,11,13-16H2,1H3. The van der Waals surface area contributed by atoms with Crippen molar-refractivity contribution in [1.82, 2.24) is 9.80 Å². The van der Waals surface area contributed by atoms with E-state index in [0.29, 0.717) is 11.8 Å². The van der Waals surface area contributed by atoms with Crippen LogP contribution in [0.15, 0.2) is 42.5 Å². The highest BCUT2D eigenvalue weighted by atomic mass is 19.4. The zero-order chi connectivity index (χ0) is 26.6. The maximum absolute atomic E-state index is 13.4. The number of hydrogen-bond donors (Lipinski definition) is 0. The molecule has 1 aliphatic heterocycles. The van der Waals surface area contributed by atoms with E-state index in [1.54, 1.807) is 7.11 Å². The topological polar surface area (TPSA) is 15.7 Å². The summed E-state index contributed by atoms with van der Waals surface area (Å²) in [6.07, 6.45) is -1.77. The average molecular weight is 528 g/mol. The number of ether oxygens (including phenoxy) is 1. The second kappa shape index (κ2) is 11.6. The second-order valence-electron chi connectivity index (χ2n) is 9.90. The quantitative estimate of drug-likeness (QED) is 0.355. The van der Waals surface area contributed by atoms with Crippen molar-refractivity contribution in [2.75, 3.05) is 33.3 Å². The lowest BCUT2D eigenvalue weighted by Crippen LogP contribution is -2.51. The normalized spacial score (nSPS) is 19.6. The van der Waals surface area contributed by atoms with E-state index in [0.717, 1.165) is 43.9 Å². The van der Waals surface area contributed by atoms with Crippen molar-refractivity contribution in [2.24, 2.45) is 0 Å². The Morgan fingerprint density at radius 3 is 2.03 bits per heavy atom. The molecule has 2 aromatic carbocycles. The van der Waals surface area contributed by atoms with E-state index in [-0.39, 0.29) is 24.1 Å². The minimum Gasteiger partial charge on any atom is -0.496 e. The Balaban J connectivity index is 1.56. The molecular formula is C28H33F6N2O. The number of rotatable bonds is 7. The highest BCUT2D eigenvalue weighted by Gasteiger charge is 2.37. The van der Waals surface area contributed by atoms with E-state index in [1.165, 1.54) is 32.1 Å². The first-order valence-corrected chi connectivity index (χ1v) is 12.8. The molecular weight excluding hydrogens is 494 g/mol. The zero-order valence-electron chi connectivity index (χ0n) is 20.9. The van der Waals surface area contributed by atoms with Crippen molar-refractivity contribution in [3.8, 4) is 5.75 Å². The van der Waals surface area contributed by atoms with Gasteiger partial charge in [-0.25, -0.2) is 0 Å². The van der Waals surface area contributed by atoms with Gasteiger partial charge in [-0.1, -0.05) is 37.5 Å². The molecule has 1 unspecified atom stereocenters. The van der Waals surface area contributed by atoms with Gasteiger partial charge in [0, 0.05) is 43.8 Å². The Morgan fingerprint density at radius 1 is 0.865 bits per heavy atom. The Hall–Kier alpha value is -2.26. The molecule has 3 nitrogen and oxygen atoms in total. The van der Waals surface area contributed by atoms with Gasteiger partial charge >= 0.3 is 12.4 Å². The van der Waals surface area contributed by atoms with Crippen molar-refractivity contribution < 1.29 is 31.1 Å². The third-order valence-corrected chi connectivity index (χ3v) is 7.52. The van der Waals surface area contributed by atoms with E-state index in [1.807, 2.05) is 30.7 Å². The summed E-state index contributed by atoms with van der Waals surface area (Å²) in [7, 11) is 1.55. The monoisotopic (exact) mass is 527 g/mol. The van der Waals surface area contributed by atoms with Gasteiger partial charge in [0.15, 0.2) is 0 Å². The summed E-state index contributed by atoms with van der Waals surface area (Å²) in [5.41, 5.74) is -1.76. The van der Waals surface area contributed by atoms with Crippen LogP contribution < -0.4 is 4.74 Å². The lowest BCUT2D eigenvalue weighted by Gasteiger charge is -2.43. The van der Waals surface area contributed by atoms with Crippen molar-refractivity contribution in [2.45, 2.75) is 63.0 Å². The van der Waals surface area contributed by atoms with E-state index in [4.69, 9.17) is 4.74 Å². The number of hydrogen-bond acceptors (Lipinski definition) is 3. The predicted octanol–water partition coefficient (Wildman–Crippen LogP) is 7.17. The predicted molar refractivity (Wildman–Crippen MR) is 130 cm³/mol. The summed E-state index contributed by atoms with van der Waals surface area (Å²) < 4.78 is 85.8. The van der Waals surface area contributed by atoms with Gasteiger partial charge in [0.1, 0.15) is 5.75 Å². The van der Waals surface area contributed by atoms with Crippen LogP contribution in [0.3, 0.4) is 0 Å². The van der Waals surface area contributed by atoms with Crippen LogP contribution in [-0.2, 0) is 18.8 Å². The molecule has 37 heavy (non-hydrogen) atoms. The molecule has 2 aliphatic rings. The Labute approximate surface area is 214 Å². The van der Waals surface area contributed by atoms with Crippen LogP contribution in [0.5, 0.6) is 5.75 Å². The third-order valence-electron chi connectivity index (χ3n) is 7.52. The Kier molecular flexibility index (Phi) is 8.74. The number of benzene rings is 2. The number of methoxy groups -OCH3 is 1. The molecule has 1 heterocycles. The fourth-order valence-electron chi connectivity index (χ4n) is 5.60. The lowest BCUT2D eigenvalue weighted by atomic mass is 9.92. The van der Waals surface area contributed by atoms with Gasteiger partial charge in [0.25, 0.3) is 0 Å².